The van der Waals surface area contributed by atoms with E-state index in [4.69, 9.17) is 20.6 Å². The zero-order valence-electron chi connectivity index (χ0n) is 19.8. The number of carbonyl (C=O) groups excluding carboxylic acids is 1. The molecule has 0 saturated carbocycles. The summed E-state index contributed by atoms with van der Waals surface area (Å²) >= 11 is 1.32. The zero-order valence-corrected chi connectivity index (χ0v) is 21.4. The number of methoxy groups -OCH3 is 3. The molecule has 11 heteroatoms. The number of fused-ring (bicyclic) bond motifs is 1. The lowest BCUT2D eigenvalue weighted by atomic mass is 10.2. The summed E-state index contributed by atoms with van der Waals surface area (Å²) in [5.74, 6) is 2.77. The first-order valence-corrected chi connectivity index (χ1v) is 12.9. The van der Waals surface area contributed by atoms with Crippen LogP contribution in [0.15, 0.2) is 52.4 Å². The fourth-order valence-electron chi connectivity index (χ4n) is 3.32. The molecule has 3 rings (SSSR count). The minimum Gasteiger partial charge on any atom is -0.497 e. The van der Waals surface area contributed by atoms with Gasteiger partial charge in [0.25, 0.3) is 5.91 Å². The lowest BCUT2D eigenvalue weighted by Crippen LogP contribution is -2.36. The summed E-state index contributed by atoms with van der Waals surface area (Å²) in [6, 6.07) is 11.2. The van der Waals surface area contributed by atoms with Crippen molar-refractivity contribution in [1.29, 1.82) is 0 Å². The fourth-order valence-corrected chi connectivity index (χ4v) is 5.78. The molecule has 0 fully saturated rings. The molecule has 0 N–H and O–H groups in total. The highest BCUT2D eigenvalue weighted by molar-refractivity contribution is 7.89. The molecule has 35 heavy (non-hydrogen) atoms. The quantitative estimate of drug-likeness (QED) is 0.362. The Morgan fingerprint density at radius 2 is 1.74 bits per heavy atom. The van der Waals surface area contributed by atoms with Crippen molar-refractivity contribution in [3.8, 4) is 18.1 Å². The van der Waals surface area contributed by atoms with Gasteiger partial charge in [0.2, 0.25) is 10.0 Å². The van der Waals surface area contributed by atoms with Crippen molar-refractivity contribution in [1.82, 2.24) is 8.87 Å². The van der Waals surface area contributed by atoms with Gasteiger partial charge >= 0.3 is 0 Å². The molecule has 0 aliphatic heterocycles. The molecule has 0 radical (unpaired) electrons. The third-order valence-corrected chi connectivity index (χ3v) is 8.12. The van der Waals surface area contributed by atoms with Gasteiger partial charge in [-0.2, -0.15) is 9.30 Å². The van der Waals surface area contributed by atoms with E-state index < -0.39 is 15.9 Å². The van der Waals surface area contributed by atoms with E-state index in [0.29, 0.717) is 10.6 Å². The fraction of sp³-hybridized carbons (Fsp3) is 0.333. The van der Waals surface area contributed by atoms with Crippen LogP contribution in [0, 0.1) is 12.3 Å². The van der Waals surface area contributed by atoms with E-state index in [0.717, 1.165) is 10.2 Å². The van der Waals surface area contributed by atoms with Crippen LogP contribution in [0.3, 0.4) is 0 Å². The zero-order chi connectivity index (χ0) is 25.4. The van der Waals surface area contributed by atoms with Crippen molar-refractivity contribution in [2.75, 3.05) is 47.6 Å². The first-order chi connectivity index (χ1) is 16.8. The van der Waals surface area contributed by atoms with E-state index in [1.165, 1.54) is 54.1 Å². The highest BCUT2D eigenvalue weighted by atomic mass is 32.2. The van der Waals surface area contributed by atoms with Crippen LogP contribution in [-0.2, 0) is 26.0 Å². The maximum Gasteiger partial charge on any atom is 0.279 e. The third kappa shape index (κ3) is 6.17. The van der Waals surface area contributed by atoms with Gasteiger partial charge in [0.1, 0.15) is 5.75 Å². The van der Waals surface area contributed by atoms with E-state index in [2.05, 4.69) is 10.9 Å². The van der Waals surface area contributed by atoms with E-state index in [-0.39, 0.29) is 43.3 Å². The topological polar surface area (TPSA) is 99.4 Å². The van der Waals surface area contributed by atoms with Gasteiger partial charge in [0.05, 0.1) is 42.0 Å². The molecule has 0 aliphatic carbocycles. The lowest BCUT2D eigenvalue weighted by molar-refractivity contribution is 0.0998. The largest absolute Gasteiger partial charge is 0.497 e. The molecule has 0 bridgehead atoms. The summed E-state index contributed by atoms with van der Waals surface area (Å²) in [6.07, 6.45) is 5.53. The summed E-state index contributed by atoms with van der Waals surface area (Å²) in [6.45, 7) is 1.11. The van der Waals surface area contributed by atoms with Gasteiger partial charge in [-0.25, -0.2) is 8.42 Å². The van der Waals surface area contributed by atoms with Gasteiger partial charge in [0, 0.05) is 32.9 Å². The summed E-state index contributed by atoms with van der Waals surface area (Å²) < 4.78 is 45.4. The molecule has 1 heterocycles. The van der Waals surface area contributed by atoms with Crippen LogP contribution >= 0.6 is 11.3 Å². The maximum atomic E-state index is 13.1. The summed E-state index contributed by atoms with van der Waals surface area (Å²) in [4.78, 5) is 17.7. The summed E-state index contributed by atoms with van der Waals surface area (Å²) in [5.41, 5.74) is 1.10. The number of benzene rings is 2. The Kier molecular flexibility index (Phi) is 9.20. The Morgan fingerprint density at radius 1 is 1.09 bits per heavy atom. The number of rotatable bonds is 11. The van der Waals surface area contributed by atoms with Crippen LogP contribution in [0.1, 0.15) is 10.4 Å². The third-order valence-electron chi connectivity index (χ3n) is 5.17. The number of aromatic nitrogens is 1. The van der Waals surface area contributed by atoms with Crippen molar-refractivity contribution >= 4 is 37.5 Å². The molecule has 1 amide bonds. The van der Waals surface area contributed by atoms with Crippen molar-refractivity contribution in [2.24, 2.45) is 4.99 Å². The van der Waals surface area contributed by atoms with Gasteiger partial charge in [-0.05, 0) is 42.5 Å². The van der Waals surface area contributed by atoms with Crippen LogP contribution in [0.5, 0.6) is 5.75 Å². The number of nitrogens with zero attached hydrogens (tertiary/aromatic N) is 3. The second kappa shape index (κ2) is 12.1. The van der Waals surface area contributed by atoms with Crippen LogP contribution < -0.4 is 9.54 Å². The Labute approximate surface area is 208 Å². The van der Waals surface area contributed by atoms with Crippen LogP contribution in [-0.4, -0.2) is 70.8 Å². The van der Waals surface area contributed by atoms with Crippen molar-refractivity contribution < 1.29 is 27.4 Å². The van der Waals surface area contributed by atoms with Crippen molar-refractivity contribution in [2.45, 2.75) is 11.4 Å². The number of thiazole rings is 1. The van der Waals surface area contributed by atoms with Crippen LogP contribution in [0.4, 0.5) is 0 Å². The van der Waals surface area contributed by atoms with E-state index in [9.17, 15) is 13.2 Å². The Bertz CT molecular complexity index is 1380. The smallest absolute Gasteiger partial charge is 0.279 e. The molecular formula is C24H27N3O6S2. The minimum absolute atomic E-state index is 0.0672. The minimum atomic E-state index is -3.79. The molecule has 0 saturated heterocycles. The van der Waals surface area contributed by atoms with Crippen LogP contribution in [0.25, 0.3) is 10.2 Å². The monoisotopic (exact) mass is 517 g/mol. The van der Waals surface area contributed by atoms with Gasteiger partial charge < -0.3 is 18.8 Å². The lowest BCUT2D eigenvalue weighted by Gasteiger charge is -2.21. The molecule has 3 aromatic rings. The van der Waals surface area contributed by atoms with Crippen LogP contribution in [0.2, 0.25) is 0 Å². The molecule has 9 nitrogen and oxygen atoms in total. The molecule has 2 aromatic carbocycles. The number of terminal acetylenes is 1. The highest BCUT2D eigenvalue weighted by Gasteiger charge is 2.24. The van der Waals surface area contributed by atoms with Gasteiger partial charge in [-0.15, -0.1) is 6.42 Å². The molecule has 0 aliphatic rings. The number of ether oxygens (including phenoxy) is 3. The molecular weight excluding hydrogens is 490 g/mol. The van der Waals surface area contributed by atoms with E-state index in [1.807, 2.05) is 18.2 Å². The Balaban J connectivity index is 1.92. The van der Waals surface area contributed by atoms with E-state index >= 15 is 0 Å². The summed E-state index contributed by atoms with van der Waals surface area (Å²) in [7, 11) is 0.802. The second-order valence-electron chi connectivity index (χ2n) is 7.34. The predicted molar refractivity (Wildman–Crippen MR) is 134 cm³/mol. The Morgan fingerprint density at radius 3 is 2.31 bits per heavy atom. The molecule has 0 spiro atoms. The van der Waals surface area contributed by atoms with Gasteiger partial charge in [-0.1, -0.05) is 17.3 Å². The summed E-state index contributed by atoms with van der Waals surface area (Å²) in [5, 5.41) is 0. The Hall–Kier alpha value is -3.01. The maximum absolute atomic E-state index is 13.1. The number of amides is 1. The van der Waals surface area contributed by atoms with E-state index in [1.54, 1.807) is 11.7 Å². The SMILES string of the molecule is C#CCn1c(=NC(=O)c2ccc(S(=O)(=O)N(CCOC)CCOC)cc2)sc2cc(OC)ccc21. The number of sulfonamides is 1. The van der Waals surface area contributed by atoms with Crippen molar-refractivity contribution in [3.63, 3.8) is 0 Å². The standard InChI is InChI=1S/C24H27N3O6S2/c1-5-12-27-21-11-8-19(33-4)17-22(21)34-24(27)25-23(28)18-6-9-20(10-7-18)35(29,30)26(13-15-31-2)14-16-32-3/h1,6-11,17H,12-16H2,2-4H3. The second-order valence-corrected chi connectivity index (χ2v) is 10.3. The normalized spacial score (nSPS) is 12.3. The highest BCUT2D eigenvalue weighted by Crippen LogP contribution is 2.23. The number of carbonyl (C=O) groups is 1. The van der Waals surface area contributed by atoms with Gasteiger partial charge in [0.15, 0.2) is 4.80 Å². The first-order valence-electron chi connectivity index (χ1n) is 10.6. The average molecular weight is 518 g/mol. The number of hydrogen-bond acceptors (Lipinski definition) is 7. The molecule has 0 unspecified atom stereocenters. The molecule has 0 atom stereocenters. The predicted octanol–water partition coefficient (Wildman–Crippen LogP) is 2.37. The molecule has 1 aromatic heterocycles. The molecule has 186 valence electrons. The van der Waals surface area contributed by atoms with Crippen molar-refractivity contribution in [3.05, 3.63) is 52.8 Å². The number of hydrogen-bond donors (Lipinski definition) is 0. The van der Waals surface area contributed by atoms with Gasteiger partial charge in [-0.3, -0.25) is 4.79 Å². The average Bonchev–Trinajstić information content (AvgIpc) is 3.20. The first kappa shape index (κ1) is 26.6.